The number of nitrogens with one attached hydrogen (secondary N) is 1. The molecule has 1 aliphatic heterocycles. The third kappa shape index (κ3) is 7.15. The molecule has 5 fully saturated rings. The fourth-order valence-corrected chi connectivity index (χ4v) is 11.9. The van der Waals surface area contributed by atoms with Crippen molar-refractivity contribution < 1.29 is 22.7 Å². The maximum atomic E-state index is 15.0. The van der Waals surface area contributed by atoms with E-state index in [0.717, 1.165) is 75.7 Å². The van der Waals surface area contributed by atoms with Crippen molar-refractivity contribution in [3.05, 3.63) is 75.5 Å². The van der Waals surface area contributed by atoms with Crippen LogP contribution in [0.5, 0.6) is 0 Å². The zero-order valence-electron chi connectivity index (χ0n) is 32.1. The molecule has 7 nitrogen and oxygen atoms in total. The minimum Gasteiger partial charge on any atom is -0.378 e. The Hall–Kier alpha value is -3.24. The van der Waals surface area contributed by atoms with E-state index in [-0.39, 0.29) is 46.6 Å². The van der Waals surface area contributed by atoms with Crippen molar-refractivity contribution >= 4 is 16.7 Å². The van der Waals surface area contributed by atoms with Gasteiger partial charge >= 0.3 is 0 Å². The number of halogens is 3. The molecule has 0 unspecified atom stereocenters. The van der Waals surface area contributed by atoms with E-state index in [1.807, 2.05) is 12.1 Å². The Morgan fingerprint density at radius 2 is 1.67 bits per heavy atom. The average molecular weight is 747 g/mol. The number of amides is 1. The van der Waals surface area contributed by atoms with Gasteiger partial charge < -0.3 is 9.64 Å². The SMILES string of the molecule is C[C@@]12CCC(F)(F)C[C@H]1CC[C@H]1[C@H]2CC[C@]2(C)[C@@H]1CC[C@H]2OCCCCCN1CCN(C(=O)c2cc(Cc3n[nH]c(=O)c4ccccc34)ccc2F)CC1. The summed E-state index contributed by atoms with van der Waals surface area (Å²) >= 11 is 0. The summed E-state index contributed by atoms with van der Waals surface area (Å²) in [6, 6.07) is 11.9. The van der Waals surface area contributed by atoms with E-state index >= 15 is 0 Å². The number of alkyl halides is 2. The van der Waals surface area contributed by atoms with Crippen molar-refractivity contribution in [3.8, 4) is 0 Å². The van der Waals surface area contributed by atoms with Crippen molar-refractivity contribution in [2.45, 2.75) is 109 Å². The number of hydrogen-bond donors (Lipinski definition) is 1. The fraction of sp³-hybridized carbons (Fsp3) is 0.659. The van der Waals surface area contributed by atoms with Crippen LogP contribution in [0.25, 0.3) is 10.8 Å². The summed E-state index contributed by atoms with van der Waals surface area (Å²) in [5, 5.41) is 8.09. The number of rotatable bonds is 10. The number of hydrogen-bond acceptors (Lipinski definition) is 5. The van der Waals surface area contributed by atoms with Crippen molar-refractivity contribution in [2.75, 3.05) is 39.3 Å². The summed E-state index contributed by atoms with van der Waals surface area (Å²) < 4.78 is 50.3. The van der Waals surface area contributed by atoms with Crippen LogP contribution in [-0.2, 0) is 11.2 Å². The van der Waals surface area contributed by atoms with Crippen LogP contribution in [0, 0.1) is 40.3 Å². The first-order chi connectivity index (χ1) is 25.9. The van der Waals surface area contributed by atoms with Crippen molar-refractivity contribution in [1.82, 2.24) is 20.0 Å². The molecule has 54 heavy (non-hydrogen) atoms. The maximum absolute atomic E-state index is 15.0. The molecular formula is C44H57F3N4O3. The fourth-order valence-electron chi connectivity index (χ4n) is 11.9. The molecule has 3 aromatic rings. The molecule has 0 spiro atoms. The van der Waals surface area contributed by atoms with Crippen LogP contribution in [0.1, 0.15) is 113 Å². The number of carbonyl (C=O) groups is 1. The highest BCUT2D eigenvalue weighted by Crippen LogP contribution is 2.67. The predicted octanol–water partition coefficient (Wildman–Crippen LogP) is 8.64. The normalized spacial score (nSPS) is 32.2. The summed E-state index contributed by atoms with van der Waals surface area (Å²) in [5.41, 5.74) is 1.54. The summed E-state index contributed by atoms with van der Waals surface area (Å²) in [4.78, 5) is 29.8. The van der Waals surface area contributed by atoms with Gasteiger partial charge in [0.15, 0.2) is 0 Å². The molecule has 7 atom stereocenters. The van der Waals surface area contributed by atoms with E-state index < -0.39 is 11.7 Å². The van der Waals surface area contributed by atoms with Crippen LogP contribution in [0.4, 0.5) is 13.2 Å². The van der Waals surface area contributed by atoms with E-state index in [0.29, 0.717) is 60.9 Å². The van der Waals surface area contributed by atoms with Gasteiger partial charge in [-0.05, 0) is 129 Å². The Bertz CT molecular complexity index is 1890. The number of ether oxygens (including phenoxy) is 1. The zero-order valence-corrected chi connectivity index (χ0v) is 32.1. The molecule has 2 aromatic carbocycles. The standard InChI is InChI=1S/C44H57F3N4O3/c1-42-18-19-44(46,47)28-30(42)11-12-33-35-13-15-39(43(35,2)17-16-36(33)42)54-25-7-3-6-20-50-21-23-51(24-22-50)41(53)34-26-29(10-14-37(34)45)27-38-31-8-4-5-9-32(31)40(52)49-48-38/h4-5,8-10,14,26,30,33,35-36,39H,3,6-7,11-13,15-25,27-28H2,1-2H3,(H,49,52)/t30-,33-,35-,36-,39-,42-,43-/m1/s1. The molecule has 5 aliphatic rings. The maximum Gasteiger partial charge on any atom is 0.272 e. The third-order valence-electron chi connectivity index (χ3n) is 15.1. The minimum absolute atomic E-state index is 0.0716. The number of aromatic nitrogens is 2. The first-order valence-corrected chi connectivity index (χ1v) is 20.7. The van der Waals surface area contributed by atoms with Crippen LogP contribution < -0.4 is 5.56 Å². The minimum atomic E-state index is -2.47. The number of aromatic amines is 1. The number of carbonyl (C=O) groups excluding carboxylic acids is 1. The van der Waals surface area contributed by atoms with E-state index in [9.17, 15) is 22.8 Å². The number of piperazine rings is 1. The monoisotopic (exact) mass is 746 g/mol. The second-order valence-electron chi connectivity index (χ2n) is 17.9. The Balaban J connectivity index is 0.763. The summed E-state index contributed by atoms with van der Waals surface area (Å²) in [6.07, 6.45) is 11.5. The number of benzene rings is 2. The van der Waals surface area contributed by atoms with Crippen molar-refractivity contribution in [3.63, 3.8) is 0 Å². The Morgan fingerprint density at radius 1 is 0.889 bits per heavy atom. The molecule has 0 radical (unpaired) electrons. The Morgan fingerprint density at radius 3 is 2.48 bits per heavy atom. The van der Waals surface area contributed by atoms with Crippen molar-refractivity contribution in [1.29, 1.82) is 0 Å². The van der Waals surface area contributed by atoms with Crippen LogP contribution in [0.15, 0.2) is 47.3 Å². The summed E-state index contributed by atoms with van der Waals surface area (Å²) in [5.74, 6) is -1.19. The van der Waals surface area contributed by atoms with Crippen molar-refractivity contribution in [2.24, 2.45) is 34.5 Å². The molecule has 1 aromatic heterocycles. The quantitative estimate of drug-likeness (QED) is 0.210. The second-order valence-corrected chi connectivity index (χ2v) is 17.9. The molecule has 1 N–H and O–H groups in total. The lowest BCUT2D eigenvalue weighted by Crippen LogP contribution is -2.55. The smallest absolute Gasteiger partial charge is 0.272 e. The Kier molecular flexibility index (Phi) is 10.5. The largest absolute Gasteiger partial charge is 0.378 e. The van der Waals surface area contributed by atoms with Gasteiger partial charge in [0.05, 0.1) is 22.7 Å². The van der Waals surface area contributed by atoms with Crippen LogP contribution in [0.2, 0.25) is 0 Å². The van der Waals surface area contributed by atoms with E-state index in [1.165, 1.54) is 25.3 Å². The number of nitrogens with zero attached hydrogens (tertiary/aromatic N) is 3. The van der Waals surface area contributed by atoms with E-state index in [2.05, 4.69) is 28.9 Å². The van der Waals surface area contributed by atoms with Crippen LogP contribution in [-0.4, -0.2) is 77.3 Å². The predicted molar refractivity (Wildman–Crippen MR) is 204 cm³/mol. The number of H-pyrrole nitrogens is 1. The van der Waals surface area contributed by atoms with Gasteiger partial charge in [-0.1, -0.05) is 38.1 Å². The molecule has 292 valence electrons. The van der Waals surface area contributed by atoms with E-state index in [4.69, 9.17) is 4.74 Å². The molecule has 2 heterocycles. The Labute approximate surface area is 317 Å². The van der Waals surface area contributed by atoms with Gasteiger partial charge in [-0.2, -0.15) is 5.10 Å². The van der Waals surface area contributed by atoms with Crippen LogP contribution in [0.3, 0.4) is 0 Å². The summed E-state index contributed by atoms with van der Waals surface area (Å²) in [7, 11) is 0. The van der Waals surface area contributed by atoms with Gasteiger partial charge in [0.25, 0.3) is 11.5 Å². The number of fused-ring (bicyclic) bond motifs is 6. The average Bonchev–Trinajstić information content (AvgIpc) is 3.51. The lowest BCUT2D eigenvalue weighted by Gasteiger charge is -2.61. The molecular weight excluding hydrogens is 690 g/mol. The van der Waals surface area contributed by atoms with Gasteiger partial charge in [-0.15, -0.1) is 0 Å². The zero-order chi connectivity index (χ0) is 37.7. The van der Waals surface area contributed by atoms with Crippen LogP contribution >= 0.6 is 0 Å². The second kappa shape index (κ2) is 15.0. The molecule has 0 bridgehead atoms. The van der Waals surface area contributed by atoms with Gasteiger partial charge in [0.1, 0.15) is 5.82 Å². The lowest BCUT2D eigenvalue weighted by molar-refractivity contribution is -0.169. The molecule has 10 heteroatoms. The van der Waals surface area contributed by atoms with Gasteiger partial charge in [0.2, 0.25) is 5.92 Å². The van der Waals surface area contributed by atoms with Gasteiger partial charge in [-0.25, -0.2) is 18.3 Å². The molecule has 4 saturated carbocycles. The topological polar surface area (TPSA) is 78.5 Å². The highest BCUT2D eigenvalue weighted by atomic mass is 19.3. The van der Waals surface area contributed by atoms with Gasteiger partial charge in [0, 0.05) is 57.4 Å². The highest BCUT2D eigenvalue weighted by molar-refractivity contribution is 5.95. The molecule has 1 amide bonds. The number of unbranched alkanes of at least 4 members (excludes halogenated alkanes) is 2. The molecule has 1 saturated heterocycles. The lowest BCUT2D eigenvalue weighted by atomic mass is 9.45. The third-order valence-corrected chi connectivity index (χ3v) is 15.1. The first-order valence-electron chi connectivity index (χ1n) is 20.7. The highest BCUT2D eigenvalue weighted by Gasteiger charge is 2.62. The molecule has 4 aliphatic carbocycles. The first kappa shape index (κ1) is 37.7. The molecule has 8 rings (SSSR count). The van der Waals surface area contributed by atoms with Gasteiger partial charge in [-0.3, -0.25) is 14.5 Å². The summed E-state index contributed by atoms with van der Waals surface area (Å²) in [6.45, 7) is 9.25. The van der Waals surface area contributed by atoms with E-state index in [1.54, 1.807) is 29.2 Å².